The molecule has 104 valence electrons. The Morgan fingerprint density at radius 3 is 2.95 bits per heavy atom. The fourth-order valence-corrected chi connectivity index (χ4v) is 2.59. The van der Waals surface area contributed by atoms with Gasteiger partial charge in [0.25, 0.3) is 0 Å². The topological polar surface area (TPSA) is 75.4 Å². The van der Waals surface area contributed by atoms with Crippen LogP contribution in [0.3, 0.4) is 0 Å². The van der Waals surface area contributed by atoms with Crippen LogP contribution in [0.4, 0.5) is 11.5 Å². The Balaban J connectivity index is 2.21. The molecule has 0 aromatic carbocycles. The minimum Gasteiger partial charge on any atom is -0.352 e. The smallest absolute Gasteiger partial charge is 0.348 e. The predicted octanol–water partition coefficient (Wildman–Crippen LogP) is 1.57. The summed E-state index contributed by atoms with van der Waals surface area (Å²) in [5, 5.41) is 10.9. The van der Waals surface area contributed by atoms with Crippen LogP contribution in [0.15, 0.2) is 6.33 Å². The van der Waals surface area contributed by atoms with E-state index in [-0.39, 0.29) is 16.7 Å². The maximum absolute atomic E-state index is 11.1. The highest BCUT2D eigenvalue weighted by Gasteiger charge is 2.28. The van der Waals surface area contributed by atoms with Crippen molar-refractivity contribution in [3.63, 3.8) is 0 Å². The predicted molar refractivity (Wildman–Crippen MR) is 72.6 cm³/mol. The summed E-state index contributed by atoms with van der Waals surface area (Å²) in [5.41, 5.74) is -0.229. The van der Waals surface area contributed by atoms with E-state index in [0.717, 1.165) is 19.4 Å². The van der Waals surface area contributed by atoms with Crippen molar-refractivity contribution in [2.45, 2.75) is 18.9 Å². The van der Waals surface area contributed by atoms with Crippen molar-refractivity contribution < 1.29 is 4.92 Å². The van der Waals surface area contributed by atoms with E-state index in [1.54, 1.807) is 11.9 Å². The van der Waals surface area contributed by atoms with Crippen LogP contribution in [0.1, 0.15) is 12.8 Å². The zero-order valence-corrected chi connectivity index (χ0v) is 11.7. The first-order chi connectivity index (χ1) is 9.00. The third-order valence-electron chi connectivity index (χ3n) is 3.46. The van der Waals surface area contributed by atoms with Gasteiger partial charge in [-0.1, -0.05) is 11.6 Å². The molecule has 1 unspecified atom stereocenters. The molecule has 0 spiro atoms. The molecular formula is C11H16ClN5O2. The van der Waals surface area contributed by atoms with Crippen LogP contribution in [0, 0.1) is 10.1 Å². The van der Waals surface area contributed by atoms with Crippen LogP contribution >= 0.6 is 11.6 Å². The molecule has 1 aliphatic rings. The van der Waals surface area contributed by atoms with Crippen LogP contribution in [-0.4, -0.2) is 53.0 Å². The van der Waals surface area contributed by atoms with Gasteiger partial charge in [-0.15, -0.1) is 0 Å². The van der Waals surface area contributed by atoms with Crippen molar-refractivity contribution in [1.29, 1.82) is 0 Å². The number of likely N-dealkylation sites (tertiary alicyclic amines) is 1. The summed E-state index contributed by atoms with van der Waals surface area (Å²) in [6.07, 6.45) is 3.49. The summed E-state index contributed by atoms with van der Waals surface area (Å²) in [7, 11) is 3.85. The Kier molecular flexibility index (Phi) is 4.16. The Bertz CT molecular complexity index is 484. The molecule has 1 fully saturated rings. The van der Waals surface area contributed by atoms with Crippen LogP contribution in [-0.2, 0) is 0 Å². The number of halogens is 1. The first kappa shape index (κ1) is 14.0. The van der Waals surface area contributed by atoms with Crippen LogP contribution in [0.25, 0.3) is 0 Å². The van der Waals surface area contributed by atoms with Crippen molar-refractivity contribution in [2.75, 3.05) is 32.1 Å². The first-order valence-electron chi connectivity index (χ1n) is 6.07. The molecule has 7 nitrogen and oxygen atoms in total. The number of anilines is 1. The highest BCUT2D eigenvalue weighted by Crippen LogP contribution is 2.31. The third-order valence-corrected chi connectivity index (χ3v) is 3.74. The number of aromatic nitrogens is 2. The third kappa shape index (κ3) is 2.93. The summed E-state index contributed by atoms with van der Waals surface area (Å²) >= 11 is 5.78. The molecule has 1 saturated heterocycles. The number of rotatable bonds is 4. The lowest BCUT2D eigenvalue weighted by Crippen LogP contribution is -2.37. The second-order valence-electron chi connectivity index (χ2n) is 4.75. The maximum atomic E-state index is 11.1. The molecule has 0 saturated carbocycles. The average molecular weight is 286 g/mol. The molecule has 1 aliphatic heterocycles. The second kappa shape index (κ2) is 5.66. The molecule has 2 rings (SSSR count). The minimum atomic E-state index is -0.535. The number of hydrogen-bond acceptors (Lipinski definition) is 6. The van der Waals surface area contributed by atoms with Gasteiger partial charge in [-0.3, -0.25) is 10.1 Å². The van der Waals surface area contributed by atoms with E-state index < -0.39 is 4.92 Å². The Hall–Kier alpha value is -1.47. The molecule has 0 radical (unpaired) electrons. The number of hydrogen-bond donors (Lipinski definition) is 0. The standard InChI is InChI=1S/C11H16ClN5O2/c1-15-5-3-4-8(15)6-16(2)11-9(17(18)19)10(12)13-7-14-11/h7-8H,3-6H2,1-2H3. The van der Waals surface area contributed by atoms with Gasteiger partial charge in [0.1, 0.15) is 6.33 Å². The molecule has 8 heteroatoms. The Morgan fingerprint density at radius 2 is 2.37 bits per heavy atom. The lowest BCUT2D eigenvalue weighted by Gasteiger charge is -2.26. The van der Waals surface area contributed by atoms with Gasteiger partial charge < -0.3 is 9.80 Å². The number of nitrogens with zero attached hydrogens (tertiary/aromatic N) is 5. The van der Waals surface area contributed by atoms with Gasteiger partial charge in [0.05, 0.1) is 4.92 Å². The van der Waals surface area contributed by atoms with Gasteiger partial charge >= 0.3 is 5.69 Å². The van der Waals surface area contributed by atoms with Gasteiger partial charge in [0, 0.05) is 19.6 Å². The highest BCUT2D eigenvalue weighted by molar-refractivity contribution is 6.31. The molecule has 2 heterocycles. The van der Waals surface area contributed by atoms with E-state index >= 15 is 0 Å². The van der Waals surface area contributed by atoms with Crippen molar-refractivity contribution in [3.05, 3.63) is 21.6 Å². The van der Waals surface area contributed by atoms with Crippen LogP contribution in [0.2, 0.25) is 5.15 Å². The molecule has 0 N–H and O–H groups in total. The summed E-state index contributed by atoms with van der Waals surface area (Å²) < 4.78 is 0. The molecule has 0 amide bonds. The summed E-state index contributed by atoms with van der Waals surface area (Å²) in [6, 6.07) is 0.387. The lowest BCUT2D eigenvalue weighted by atomic mass is 10.2. The van der Waals surface area contributed by atoms with E-state index in [1.165, 1.54) is 6.33 Å². The largest absolute Gasteiger partial charge is 0.352 e. The van der Waals surface area contributed by atoms with Crippen molar-refractivity contribution >= 4 is 23.1 Å². The van der Waals surface area contributed by atoms with Gasteiger partial charge in [-0.2, -0.15) is 0 Å². The highest BCUT2D eigenvalue weighted by atomic mass is 35.5. The second-order valence-corrected chi connectivity index (χ2v) is 5.11. The van der Waals surface area contributed by atoms with E-state index in [9.17, 15) is 10.1 Å². The van der Waals surface area contributed by atoms with E-state index in [0.29, 0.717) is 12.6 Å². The zero-order valence-electron chi connectivity index (χ0n) is 10.9. The molecule has 1 atom stereocenters. The summed E-state index contributed by atoms with van der Waals surface area (Å²) in [6.45, 7) is 1.75. The molecule has 1 aromatic heterocycles. The summed E-state index contributed by atoms with van der Waals surface area (Å²) in [4.78, 5) is 22.2. The van der Waals surface area contributed by atoms with E-state index in [4.69, 9.17) is 11.6 Å². The van der Waals surface area contributed by atoms with Crippen LogP contribution in [0.5, 0.6) is 0 Å². The normalized spacial score (nSPS) is 19.6. The maximum Gasteiger partial charge on any atom is 0.348 e. The van der Waals surface area contributed by atoms with Crippen molar-refractivity contribution in [2.24, 2.45) is 0 Å². The Morgan fingerprint density at radius 1 is 1.63 bits per heavy atom. The monoisotopic (exact) mass is 285 g/mol. The zero-order chi connectivity index (χ0) is 14.0. The fourth-order valence-electron chi connectivity index (χ4n) is 2.40. The van der Waals surface area contributed by atoms with Crippen molar-refractivity contribution in [3.8, 4) is 0 Å². The quantitative estimate of drug-likeness (QED) is 0.475. The molecule has 0 aliphatic carbocycles. The average Bonchev–Trinajstić information content (AvgIpc) is 2.74. The van der Waals surface area contributed by atoms with Gasteiger partial charge in [-0.25, -0.2) is 9.97 Å². The van der Waals surface area contributed by atoms with Gasteiger partial charge in [0.15, 0.2) is 0 Å². The number of likely N-dealkylation sites (N-methyl/N-ethyl adjacent to an activating group) is 2. The minimum absolute atomic E-state index is 0.123. The molecular weight excluding hydrogens is 270 g/mol. The lowest BCUT2D eigenvalue weighted by molar-refractivity contribution is -0.384. The van der Waals surface area contributed by atoms with E-state index in [1.807, 2.05) is 0 Å². The van der Waals surface area contributed by atoms with Crippen molar-refractivity contribution in [1.82, 2.24) is 14.9 Å². The summed E-state index contributed by atoms with van der Waals surface area (Å²) in [5.74, 6) is 0.269. The SMILES string of the molecule is CN(CC1CCCN1C)c1ncnc(Cl)c1[N+](=O)[O-]. The fraction of sp³-hybridized carbons (Fsp3) is 0.636. The number of nitro groups is 1. The van der Waals surface area contributed by atoms with Gasteiger partial charge in [-0.05, 0) is 26.4 Å². The first-order valence-corrected chi connectivity index (χ1v) is 6.44. The van der Waals surface area contributed by atoms with Gasteiger partial charge in [0.2, 0.25) is 11.0 Å². The molecule has 0 bridgehead atoms. The Labute approximate surface area is 116 Å². The molecule has 1 aromatic rings. The molecule has 19 heavy (non-hydrogen) atoms. The van der Waals surface area contributed by atoms with Crippen LogP contribution < -0.4 is 4.90 Å². The van der Waals surface area contributed by atoms with E-state index in [2.05, 4.69) is 21.9 Å².